The summed E-state index contributed by atoms with van der Waals surface area (Å²) >= 11 is 0. The lowest BCUT2D eigenvalue weighted by Gasteiger charge is -2.23. The van der Waals surface area contributed by atoms with E-state index in [1.54, 1.807) is 0 Å². The molecule has 33 heavy (non-hydrogen) atoms. The highest BCUT2D eigenvalue weighted by atomic mass is 16.4. The van der Waals surface area contributed by atoms with Crippen molar-refractivity contribution in [2.75, 3.05) is 39.3 Å². The van der Waals surface area contributed by atoms with E-state index in [-0.39, 0.29) is 13.1 Å². The van der Waals surface area contributed by atoms with Gasteiger partial charge in [-0.3, -0.25) is 38.6 Å². The highest BCUT2D eigenvalue weighted by Crippen LogP contribution is 2.15. The van der Waals surface area contributed by atoms with E-state index < -0.39 is 86.4 Å². The van der Waals surface area contributed by atoms with Crippen molar-refractivity contribution >= 4 is 41.8 Å². The zero-order valence-corrected chi connectivity index (χ0v) is 17.0. The Labute approximate surface area is 184 Å². The van der Waals surface area contributed by atoms with Gasteiger partial charge in [-0.1, -0.05) is 0 Å². The molecule has 17 heteroatoms. The number of carbonyl (C=O) groups is 7. The van der Waals surface area contributed by atoms with Gasteiger partial charge in [0.05, 0.1) is 39.0 Å². The van der Waals surface area contributed by atoms with Crippen LogP contribution in [0, 0.1) is 0 Å². The molecule has 0 aliphatic carbocycles. The first-order valence-electron chi connectivity index (χ1n) is 8.69. The van der Waals surface area contributed by atoms with Crippen molar-refractivity contribution in [3.05, 3.63) is 0 Å². The first-order valence-corrected chi connectivity index (χ1v) is 8.69. The molecule has 0 rings (SSSR count). The van der Waals surface area contributed by atoms with Crippen LogP contribution in [0.2, 0.25) is 0 Å². The summed E-state index contributed by atoms with van der Waals surface area (Å²) in [4.78, 5) is 74.8. The predicted molar refractivity (Wildman–Crippen MR) is 101 cm³/mol. The van der Waals surface area contributed by atoms with Crippen molar-refractivity contribution in [2.45, 2.75) is 18.4 Å². The molecule has 8 N–H and O–H groups in total. The number of hydrogen-bond acceptors (Lipinski definition) is 10. The molecule has 0 atom stereocenters. The van der Waals surface area contributed by atoms with Crippen LogP contribution in [0.15, 0.2) is 0 Å². The molecule has 0 unspecified atom stereocenters. The number of carboxylic acid groups (broad SMARTS) is 7. The summed E-state index contributed by atoms with van der Waals surface area (Å²) in [6.45, 7) is -2.25. The average molecular weight is 484 g/mol. The molecular weight excluding hydrogens is 460 g/mol. The quantitative estimate of drug-likeness (QED) is 0.106. The summed E-state index contributed by atoms with van der Waals surface area (Å²) in [5, 5.41) is 68.3. The minimum absolute atomic E-state index is 0.0703. The molecule has 0 aromatic rings. The smallest absolute Gasteiger partial charge is 0.336 e. The van der Waals surface area contributed by atoms with Crippen LogP contribution in [0.1, 0.15) is 12.8 Å². The minimum atomic E-state index is -2.74. The lowest BCUT2D eigenvalue weighted by atomic mass is 9.96. The van der Waals surface area contributed by atoms with Crippen LogP contribution in [0.3, 0.4) is 0 Å². The van der Waals surface area contributed by atoms with Gasteiger partial charge in [-0.25, -0.2) is 4.79 Å². The molecule has 0 saturated heterocycles. The van der Waals surface area contributed by atoms with E-state index in [0.29, 0.717) is 0 Å². The lowest BCUT2D eigenvalue weighted by Crippen LogP contribution is -2.43. The fourth-order valence-electron chi connectivity index (χ4n) is 2.19. The van der Waals surface area contributed by atoms with Crippen molar-refractivity contribution in [3.63, 3.8) is 0 Å². The number of aliphatic hydroxyl groups is 1. The normalized spacial score (nSPS) is 10.8. The molecule has 17 nitrogen and oxygen atoms in total. The molecule has 0 aliphatic heterocycles. The van der Waals surface area contributed by atoms with E-state index in [4.69, 9.17) is 40.9 Å². The van der Waals surface area contributed by atoms with E-state index in [1.807, 2.05) is 0 Å². The molecule has 0 amide bonds. The van der Waals surface area contributed by atoms with Gasteiger partial charge in [0, 0.05) is 13.1 Å². The van der Waals surface area contributed by atoms with Crippen LogP contribution in [0.4, 0.5) is 0 Å². The fourth-order valence-corrected chi connectivity index (χ4v) is 2.19. The van der Waals surface area contributed by atoms with Crippen molar-refractivity contribution in [1.29, 1.82) is 0 Å². The van der Waals surface area contributed by atoms with Crippen LogP contribution in [-0.2, 0) is 33.6 Å². The van der Waals surface area contributed by atoms with Gasteiger partial charge in [0.2, 0.25) is 0 Å². The fraction of sp³-hybridized carbons (Fsp3) is 0.562. The predicted octanol–water partition coefficient (Wildman–Crippen LogP) is -3.32. The average Bonchev–Trinajstić information content (AvgIpc) is 2.56. The van der Waals surface area contributed by atoms with Gasteiger partial charge >= 0.3 is 41.8 Å². The topological polar surface area (TPSA) is 288 Å². The Morgan fingerprint density at radius 1 is 0.485 bits per heavy atom. The van der Waals surface area contributed by atoms with Crippen LogP contribution in [0.5, 0.6) is 0 Å². The zero-order valence-electron chi connectivity index (χ0n) is 17.0. The molecular formula is C16H24N2O15. The third-order valence-electron chi connectivity index (χ3n) is 3.45. The van der Waals surface area contributed by atoms with Gasteiger partial charge in [-0.05, 0) is 0 Å². The summed E-state index contributed by atoms with van der Waals surface area (Å²) in [6.07, 6.45) is -2.29. The van der Waals surface area contributed by atoms with E-state index in [2.05, 4.69) is 0 Å². The highest BCUT2D eigenvalue weighted by Gasteiger charge is 2.40. The molecule has 188 valence electrons. The van der Waals surface area contributed by atoms with Gasteiger partial charge in [-0.2, -0.15) is 0 Å². The van der Waals surface area contributed by atoms with E-state index in [9.17, 15) is 33.6 Å². The lowest BCUT2D eigenvalue weighted by molar-refractivity contribution is -0.170. The highest BCUT2D eigenvalue weighted by molar-refractivity contribution is 5.88. The molecule has 0 saturated carbocycles. The standard InChI is InChI=1S/C10H16N2O8.C6H8O7/c13-7(14)3-11(4-8(15)16)1-2-12(5-9(17)18)6-10(19)20;7-3(8)1-6(13,5(11)12)2-4(9)10/h1-6H2,(H,13,14)(H,15,16)(H,17,18)(H,19,20);13H,1-2H2,(H,7,8)(H,9,10)(H,11,12). The van der Waals surface area contributed by atoms with Gasteiger partial charge < -0.3 is 40.9 Å². The van der Waals surface area contributed by atoms with Crippen LogP contribution >= 0.6 is 0 Å². The van der Waals surface area contributed by atoms with Gasteiger partial charge in [0.15, 0.2) is 5.60 Å². The van der Waals surface area contributed by atoms with Gasteiger partial charge in [0.25, 0.3) is 0 Å². The molecule has 0 aromatic heterocycles. The van der Waals surface area contributed by atoms with Crippen LogP contribution in [-0.4, -0.2) is 137 Å². The Balaban J connectivity index is 0. The second kappa shape index (κ2) is 15.1. The minimum Gasteiger partial charge on any atom is -0.481 e. The summed E-state index contributed by atoms with van der Waals surface area (Å²) < 4.78 is 0. The maximum Gasteiger partial charge on any atom is 0.336 e. The zero-order chi connectivity index (χ0) is 26.4. The Morgan fingerprint density at radius 2 is 0.727 bits per heavy atom. The summed E-state index contributed by atoms with van der Waals surface area (Å²) in [7, 11) is 0. The molecule has 0 aliphatic rings. The Morgan fingerprint density at radius 3 is 0.879 bits per heavy atom. The van der Waals surface area contributed by atoms with E-state index >= 15 is 0 Å². The van der Waals surface area contributed by atoms with Crippen LogP contribution in [0.25, 0.3) is 0 Å². The third-order valence-corrected chi connectivity index (χ3v) is 3.45. The Kier molecular flexibility index (Phi) is 14.3. The second-order valence-corrected chi connectivity index (χ2v) is 6.47. The maximum absolute atomic E-state index is 10.6. The number of nitrogens with zero attached hydrogens (tertiary/aromatic N) is 2. The largest absolute Gasteiger partial charge is 0.481 e. The summed E-state index contributed by atoms with van der Waals surface area (Å²) in [5.41, 5.74) is -2.74. The summed E-state index contributed by atoms with van der Waals surface area (Å²) in [5.74, 6) is -9.93. The first kappa shape index (κ1) is 31.4. The number of hydrogen-bond donors (Lipinski definition) is 8. The maximum atomic E-state index is 10.6. The molecule has 0 heterocycles. The Bertz CT molecular complexity index is 666. The van der Waals surface area contributed by atoms with E-state index in [1.165, 1.54) is 0 Å². The number of carboxylic acids is 7. The first-order chi connectivity index (χ1) is 15.0. The van der Waals surface area contributed by atoms with Gasteiger partial charge in [-0.15, -0.1) is 0 Å². The van der Waals surface area contributed by atoms with Crippen molar-refractivity contribution in [2.24, 2.45) is 0 Å². The summed E-state index contributed by atoms with van der Waals surface area (Å²) in [6, 6.07) is 0. The SMILES string of the molecule is O=C(O)CC(O)(CC(=O)O)C(=O)O.O=C(O)CN(CCN(CC(=O)O)CC(=O)O)CC(=O)O. The number of aliphatic carboxylic acids is 7. The molecule has 0 radical (unpaired) electrons. The third kappa shape index (κ3) is 17.5. The molecule has 0 bridgehead atoms. The van der Waals surface area contributed by atoms with Gasteiger partial charge in [0.1, 0.15) is 0 Å². The van der Waals surface area contributed by atoms with Crippen molar-refractivity contribution < 1.29 is 74.4 Å². The second-order valence-electron chi connectivity index (χ2n) is 6.47. The van der Waals surface area contributed by atoms with Crippen molar-refractivity contribution in [1.82, 2.24) is 9.80 Å². The van der Waals surface area contributed by atoms with E-state index in [0.717, 1.165) is 9.80 Å². The molecule has 0 aromatic carbocycles. The van der Waals surface area contributed by atoms with Crippen molar-refractivity contribution in [3.8, 4) is 0 Å². The molecule has 0 fully saturated rings. The molecule has 0 spiro atoms. The monoisotopic (exact) mass is 484 g/mol. The Hall–Kier alpha value is -3.83. The van der Waals surface area contributed by atoms with Crippen LogP contribution < -0.4 is 0 Å². The number of rotatable bonds is 16.